The molecule has 0 spiro atoms. The van der Waals surface area contributed by atoms with Gasteiger partial charge in [-0.1, -0.05) is 12.1 Å². The lowest BCUT2D eigenvalue weighted by molar-refractivity contribution is 0.00857. The molecule has 0 aliphatic carbocycles. The number of nitrogens with two attached hydrogens (primary N) is 1. The smallest absolute Gasteiger partial charge is 0.162 e. The van der Waals surface area contributed by atoms with Crippen LogP contribution in [-0.2, 0) is 11.2 Å². The van der Waals surface area contributed by atoms with Gasteiger partial charge in [-0.05, 0) is 50.2 Å². The molecule has 1 heterocycles. The van der Waals surface area contributed by atoms with Gasteiger partial charge in [0.15, 0.2) is 11.6 Å². The lowest BCUT2D eigenvalue weighted by Gasteiger charge is -2.24. The zero-order valence-corrected chi connectivity index (χ0v) is 11.6. The molecule has 0 bridgehead atoms. The van der Waals surface area contributed by atoms with Gasteiger partial charge in [0.25, 0.3) is 0 Å². The van der Waals surface area contributed by atoms with Crippen LogP contribution in [0.1, 0.15) is 37.7 Å². The van der Waals surface area contributed by atoms with Crippen molar-refractivity contribution in [2.24, 2.45) is 5.84 Å². The van der Waals surface area contributed by atoms with Crippen LogP contribution in [0.15, 0.2) is 18.2 Å². The lowest BCUT2D eigenvalue weighted by Crippen LogP contribution is -2.38. The Balaban J connectivity index is 1.86. The minimum absolute atomic E-state index is 0.0724. The molecule has 0 amide bonds. The van der Waals surface area contributed by atoms with Crippen molar-refractivity contribution in [2.75, 3.05) is 6.61 Å². The van der Waals surface area contributed by atoms with Crippen LogP contribution in [-0.4, -0.2) is 18.8 Å². The minimum Gasteiger partial charge on any atom is -0.378 e. The van der Waals surface area contributed by atoms with E-state index >= 15 is 0 Å². The fraction of sp³-hybridized carbons (Fsp3) is 0.600. The number of ether oxygens (including phenoxy) is 1. The molecule has 3 nitrogen and oxygen atoms in total. The second-order valence-corrected chi connectivity index (χ2v) is 5.35. The second kappa shape index (κ2) is 7.67. The van der Waals surface area contributed by atoms with Gasteiger partial charge in [-0.15, -0.1) is 0 Å². The number of hydrogen-bond acceptors (Lipinski definition) is 3. The molecule has 1 aliphatic rings. The Bertz CT molecular complexity index is 422. The number of halogens is 2. The summed E-state index contributed by atoms with van der Waals surface area (Å²) in [4.78, 5) is 0. The van der Waals surface area contributed by atoms with Crippen molar-refractivity contribution in [2.45, 2.75) is 50.7 Å². The molecule has 1 aromatic rings. The van der Waals surface area contributed by atoms with Gasteiger partial charge in [0.2, 0.25) is 0 Å². The summed E-state index contributed by atoms with van der Waals surface area (Å²) in [5.74, 6) is 3.93. The topological polar surface area (TPSA) is 47.3 Å². The molecule has 112 valence electrons. The van der Waals surface area contributed by atoms with Crippen molar-refractivity contribution in [3.8, 4) is 0 Å². The average Bonchev–Trinajstić information content (AvgIpc) is 2.49. The van der Waals surface area contributed by atoms with Crippen molar-refractivity contribution in [1.29, 1.82) is 0 Å². The Hall–Kier alpha value is -1.04. The number of hydrazine groups is 1. The van der Waals surface area contributed by atoms with E-state index in [0.717, 1.165) is 38.4 Å². The van der Waals surface area contributed by atoms with Gasteiger partial charge in [-0.3, -0.25) is 11.3 Å². The first kappa shape index (κ1) is 15.4. The lowest BCUT2D eigenvalue weighted by atomic mass is 9.97. The van der Waals surface area contributed by atoms with Crippen LogP contribution in [0, 0.1) is 11.6 Å². The molecular weight excluding hydrogens is 262 g/mol. The highest BCUT2D eigenvalue weighted by Crippen LogP contribution is 2.20. The standard InChI is InChI=1S/C15H22F2N2O/c16-14-6-3-4-11(15(14)17)10-12(19-18)7-8-13-5-1-2-9-20-13/h3-4,6,12-13,19H,1-2,5,7-10,18H2. The maximum Gasteiger partial charge on any atom is 0.162 e. The molecule has 5 heteroatoms. The van der Waals surface area contributed by atoms with E-state index in [0.29, 0.717) is 12.0 Å². The third-order valence-corrected chi connectivity index (χ3v) is 3.84. The van der Waals surface area contributed by atoms with Crippen molar-refractivity contribution in [1.82, 2.24) is 5.43 Å². The van der Waals surface area contributed by atoms with Crippen LogP contribution in [0.25, 0.3) is 0 Å². The maximum absolute atomic E-state index is 13.6. The zero-order chi connectivity index (χ0) is 14.4. The largest absolute Gasteiger partial charge is 0.378 e. The van der Waals surface area contributed by atoms with Crippen LogP contribution in [0.5, 0.6) is 0 Å². The van der Waals surface area contributed by atoms with Gasteiger partial charge in [0.1, 0.15) is 0 Å². The summed E-state index contributed by atoms with van der Waals surface area (Å²) in [5, 5.41) is 0. The van der Waals surface area contributed by atoms with Gasteiger partial charge in [-0.25, -0.2) is 8.78 Å². The molecule has 3 N–H and O–H groups in total. The zero-order valence-electron chi connectivity index (χ0n) is 11.6. The van der Waals surface area contributed by atoms with Gasteiger partial charge < -0.3 is 4.74 Å². The Morgan fingerprint density at radius 3 is 2.90 bits per heavy atom. The van der Waals surface area contributed by atoms with E-state index in [9.17, 15) is 8.78 Å². The fourth-order valence-corrected chi connectivity index (χ4v) is 2.64. The molecule has 1 aliphatic heterocycles. The van der Waals surface area contributed by atoms with Crippen LogP contribution in [0.3, 0.4) is 0 Å². The Morgan fingerprint density at radius 1 is 1.35 bits per heavy atom. The number of benzene rings is 1. The number of hydrogen-bond donors (Lipinski definition) is 2. The van der Waals surface area contributed by atoms with E-state index in [4.69, 9.17) is 10.6 Å². The first-order valence-corrected chi connectivity index (χ1v) is 7.21. The van der Waals surface area contributed by atoms with Crippen molar-refractivity contribution >= 4 is 0 Å². The van der Waals surface area contributed by atoms with Crippen LogP contribution in [0.2, 0.25) is 0 Å². The maximum atomic E-state index is 13.6. The fourth-order valence-electron chi connectivity index (χ4n) is 2.64. The van der Waals surface area contributed by atoms with Crippen LogP contribution >= 0.6 is 0 Å². The average molecular weight is 284 g/mol. The molecule has 1 fully saturated rings. The van der Waals surface area contributed by atoms with Crippen molar-refractivity contribution in [3.05, 3.63) is 35.4 Å². The van der Waals surface area contributed by atoms with Crippen molar-refractivity contribution in [3.63, 3.8) is 0 Å². The number of rotatable bonds is 6. The van der Waals surface area contributed by atoms with E-state index in [1.807, 2.05) is 0 Å². The van der Waals surface area contributed by atoms with E-state index in [1.54, 1.807) is 6.07 Å². The highest BCUT2D eigenvalue weighted by atomic mass is 19.2. The minimum atomic E-state index is -0.811. The molecule has 0 radical (unpaired) electrons. The van der Waals surface area contributed by atoms with Crippen molar-refractivity contribution < 1.29 is 13.5 Å². The van der Waals surface area contributed by atoms with E-state index < -0.39 is 11.6 Å². The summed E-state index contributed by atoms with van der Waals surface area (Å²) >= 11 is 0. The molecule has 2 unspecified atom stereocenters. The molecule has 2 rings (SSSR count). The van der Waals surface area contributed by atoms with Gasteiger partial charge in [-0.2, -0.15) is 0 Å². The Morgan fingerprint density at radius 2 is 2.20 bits per heavy atom. The molecule has 1 aromatic carbocycles. The quantitative estimate of drug-likeness (QED) is 0.623. The second-order valence-electron chi connectivity index (χ2n) is 5.35. The van der Waals surface area contributed by atoms with E-state index in [1.165, 1.54) is 12.5 Å². The summed E-state index contributed by atoms with van der Waals surface area (Å²) in [7, 11) is 0. The van der Waals surface area contributed by atoms with Gasteiger partial charge in [0.05, 0.1) is 6.10 Å². The molecule has 2 atom stereocenters. The Kier molecular flexibility index (Phi) is 5.88. The molecule has 0 saturated carbocycles. The van der Waals surface area contributed by atoms with Gasteiger partial charge in [0, 0.05) is 12.6 Å². The Labute approximate surface area is 118 Å². The summed E-state index contributed by atoms with van der Waals surface area (Å²) in [5.41, 5.74) is 3.05. The summed E-state index contributed by atoms with van der Waals surface area (Å²) in [6, 6.07) is 4.17. The van der Waals surface area contributed by atoms with Crippen LogP contribution in [0.4, 0.5) is 8.78 Å². The summed E-state index contributed by atoms with van der Waals surface area (Å²) in [6.07, 6.45) is 5.74. The third-order valence-electron chi connectivity index (χ3n) is 3.84. The SMILES string of the molecule is NNC(CCC1CCCCO1)Cc1cccc(F)c1F. The first-order valence-electron chi connectivity index (χ1n) is 7.21. The molecule has 1 saturated heterocycles. The van der Waals surface area contributed by atoms with Crippen LogP contribution < -0.4 is 11.3 Å². The number of nitrogens with one attached hydrogen (secondary N) is 1. The predicted molar refractivity (Wildman–Crippen MR) is 74.0 cm³/mol. The molecule has 20 heavy (non-hydrogen) atoms. The van der Waals surface area contributed by atoms with Gasteiger partial charge >= 0.3 is 0 Å². The van der Waals surface area contributed by atoms with E-state index in [2.05, 4.69) is 5.43 Å². The highest BCUT2D eigenvalue weighted by molar-refractivity contribution is 5.20. The van der Waals surface area contributed by atoms with E-state index in [-0.39, 0.29) is 12.1 Å². The third kappa shape index (κ3) is 4.23. The summed E-state index contributed by atoms with van der Waals surface area (Å²) in [6.45, 7) is 0.823. The highest BCUT2D eigenvalue weighted by Gasteiger charge is 2.18. The normalized spacial score (nSPS) is 20.9. The monoisotopic (exact) mass is 284 g/mol. The first-order chi connectivity index (χ1) is 9.70. The summed E-state index contributed by atoms with van der Waals surface area (Å²) < 4.78 is 32.5. The molecule has 0 aromatic heterocycles. The predicted octanol–water partition coefficient (Wildman–Crippen LogP) is 2.69. The molecular formula is C15H22F2N2O.